The Balaban J connectivity index is 1.99. The molecule has 0 aliphatic carbocycles. The number of amides is 1. The van der Waals surface area contributed by atoms with Crippen LogP contribution in [0, 0.1) is 6.92 Å². The molecule has 1 amide bonds. The minimum absolute atomic E-state index is 0.192. The van der Waals surface area contributed by atoms with Gasteiger partial charge >= 0.3 is 0 Å². The molecule has 0 aliphatic heterocycles. The number of aromatic hydroxyl groups is 1. The normalized spacial score (nSPS) is 10.4. The van der Waals surface area contributed by atoms with Crippen molar-refractivity contribution in [2.75, 3.05) is 11.1 Å². The molecule has 0 spiro atoms. The van der Waals surface area contributed by atoms with Gasteiger partial charge in [0, 0.05) is 4.90 Å². The fourth-order valence-electron chi connectivity index (χ4n) is 1.64. The Morgan fingerprint density at radius 1 is 1.19 bits per heavy atom. The number of thioether (sulfide) groups is 1. The average Bonchev–Trinajstić information content (AvgIpc) is 2.47. The second kappa shape index (κ2) is 7.07. The summed E-state index contributed by atoms with van der Waals surface area (Å²) in [6.07, 6.45) is 0. The molecule has 2 aromatic carbocycles. The van der Waals surface area contributed by atoms with E-state index in [9.17, 15) is 9.90 Å². The highest BCUT2D eigenvalue weighted by atomic mass is 35.5. The van der Waals surface area contributed by atoms with Crippen LogP contribution in [-0.4, -0.2) is 16.8 Å². The average molecular weight is 342 g/mol. The predicted molar refractivity (Wildman–Crippen MR) is 88.7 cm³/mol. The molecule has 6 heteroatoms. The summed E-state index contributed by atoms with van der Waals surface area (Å²) < 4.78 is 0. The molecule has 0 bridgehead atoms. The van der Waals surface area contributed by atoms with Crippen LogP contribution in [0.1, 0.15) is 5.56 Å². The molecular formula is C15H13Cl2NO2S. The van der Waals surface area contributed by atoms with Gasteiger partial charge in [0.25, 0.3) is 0 Å². The summed E-state index contributed by atoms with van der Waals surface area (Å²) in [6.45, 7) is 1.85. The number of hydrogen-bond acceptors (Lipinski definition) is 3. The van der Waals surface area contributed by atoms with Crippen molar-refractivity contribution in [3.63, 3.8) is 0 Å². The molecule has 2 aromatic rings. The molecule has 0 fully saturated rings. The lowest BCUT2D eigenvalue weighted by atomic mass is 10.2. The molecule has 110 valence electrons. The minimum Gasteiger partial charge on any atom is -0.508 e. The van der Waals surface area contributed by atoms with Gasteiger partial charge < -0.3 is 10.4 Å². The highest BCUT2D eigenvalue weighted by Crippen LogP contribution is 2.33. The first-order valence-corrected chi connectivity index (χ1v) is 7.88. The lowest BCUT2D eigenvalue weighted by Crippen LogP contribution is -2.14. The number of phenolic OH excluding ortho intramolecular Hbond substituents is 1. The monoisotopic (exact) mass is 341 g/mol. The number of hydrogen-bond donors (Lipinski definition) is 2. The molecule has 0 aliphatic rings. The van der Waals surface area contributed by atoms with Gasteiger partial charge in [-0.25, -0.2) is 0 Å². The topological polar surface area (TPSA) is 49.3 Å². The SMILES string of the molecule is Cc1ccc(Cl)c(NC(=O)CSc2ccc(O)cc2)c1Cl. The van der Waals surface area contributed by atoms with E-state index in [1.165, 1.54) is 11.8 Å². The first-order chi connectivity index (χ1) is 9.97. The number of benzene rings is 2. The summed E-state index contributed by atoms with van der Waals surface area (Å²) in [5, 5.41) is 12.8. The van der Waals surface area contributed by atoms with E-state index in [4.69, 9.17) is 23.2 Å². The number of carbonyl (C=O) groups is 1. The van der Waals surface area contributed by atoms with Crippen LogP contribution in [0.2, 0.25) is 10.0 Å². The van der Waals surface area contributed by atoms with Crippen molar-refractivity contribution < 1.29 is 9.90 Å². The van der Waals surface area contributed by atoms with Gasteiger partial charge in [-0.1, -0.05) is 29.3 Å². The van der Waals surface area contributed by atoms with Crippen LogP contribution in [0.15, 0.2) is 41.3 Å². The third-order valence-electron chi connectivity index (χ3n) is 2.76. The highest BCUT2D eigenvalue weighted by molar-refractivity contribution is 8.00. The van der Waals surface area contributed by atoms with E-state index in [1.54, 1.807) is 36.4 Å². The third kappa shape index (κ3) is 4.30. The Labute approximate surface area is 137 Å². The molecule has 21 heavy (non-hydrogen) atoms. The van der Waals surface area contributed by atoms with Crippen LogP contribution in [0.3, 0.4) is 0 Å². The summed E-state index contributed by atoms with van der Waals surface area (Å²) in [7, 11) is 0. The van der Waals surface area contributed by atoms with Crippen molar-refractivity contribution in [2.24, 2.45) is 0 Å². The number of rotatable bonds is 4. The van der Waals surface area contributed by atoms with Crippen LogP contribution in [-0.2, 0) is 4.79 Å². The first-order valence-electron chi connectivity index (χ1n) is 6.13. The van der Waals surface area contributed by atoms with Gasteiger partial charge in [-0.15, -0.1) is 11.8 Å². The molecule has 0 saturated carbocycles. The van der Waals surface area contributed by atoms with Crippen molar-refractivity contribution in [2.45, 2.75) is 11.8 Å². The maximum atomic E-state index is 12.0. The van der Waals surface area contributed by atoms with E-state index >= 15 is 0 Å². The molecular weight excluding hydrogens is 329 g/mol. The summed E-state index contributed by atoms with van der Waals surface area (Å²) >= 11 is 13.6. The Morgan fingerprint density at radius 3 is 2.52 bits per heavy atom. The fourth-order valence-corrected chi connectivity index (χ4v) is 2.80. The highest BCUT2D eigenvalue weighted by Gasteiger charge is 2.12. The second-order valence-electron chi connectivity index (χ2n) is 4.38. The maximum absolute atomic E-state index is 12.0. The third-order valence-corrected chi connectivity index (χ3v) is 4.57. The van der Waals surface area contributed by atoms with Gasteiger partial charge in [0.15, 0.2) is 0 Å². The molecule has 0 aromatic heterocycles. The van der Waals surface area contributed by atoms with Gasteiger partial charge in [0.05, 0.1) is 21.5 Å². The molecule has 0 unspecified atom stereocenters. The van der Waals surface area contributed by atoms with Gasteiger partial charge in [0.2, 0.25) is 5.91 Å². The van der Waals surface area contributed by atoms with Gasteiger partial charge in [-0.3, -0.25) is 4.79 Å². The lowest BCUT2D eigenvalue weighted by molar-refractivity contribution is -0.113. The predicted octanol–water partition coefficient (Wildman–Crippen LogP) is 4.74. The standard InChI is InChI=1S/C15H13Cl2NO2S/c1-9-2-7-12(16)15(14(9)17)18-13(20)8-21-11-5-3-10(19)4-6-11/h2-7,19H,8H2,1H3,(H,18,20). The number of anilines is 1. The molecule has 0 radical (unpaired) electrons. The number of nitrogens with one attached hydrogen (secondary N) is 1. The van der Waals surface area contributed by atoms with Gasteiger partial charge in [0.1, 0.15) is 5.75 Å². The molecule has 2 N–H and O–H groups in total. The van der Waals surface area contributed by atoms with Crippen molar-refractivity contribution in [3.8, 4) is 5.75 Å². The van der Waals surface area contributed by atoms with Gasteiger partial charge in [-0.2, -0.15) is 0 Å². The number of carbonyl (C=O) groups excluding carboxylic acids is 1. The maximum Gasteiger partial charge on any atom is 0.234 e. The first kappa shape index (κ1) is 16.0. The summed E-state index contributed by atoms with van der Waals surface area (Å²) in [5.74, 6) is 0.232. The second-order valence-corrected chi connectivity index (χ2v) is 6.22. The van der Waals surface area contributed by atoms with E-state index in [1.807, 2.05) is 6.92 Å². The van der Waals surface area contributed by atoms with Gasteiger partial charge in [-0.05, 0) is 42.8 Å². The van der Waals surface area contributed by atoms with Crippen LogP contribution < -0.4 is 5.32 Å². The van der Waals surface area contributed by atoms with E-state index in [2.05, 4.69) is 5.32 Å². The van der Waals surface area contributed by atoms with Crippen molar-refractivity contribution >= 4 is 46.6 Å². The van der Waals surface area contributed by atoms with E-state index in [-0.39, 0.29) is 17.4 Å². The Bertz CT molecular complexity index is 659. The van der Waals surface area contributed by atoms with E-state index < -0.39 is 0 Å². The minimum atomic E-state index is -0.192. The van der Waals surface area contributed by atoms with Crippen LogP contribution in [0.4, 0.5) is 5.69 Å². The largest absolute Gasteiger partial charge is 0.508 e. The van der Waals surface area contributed by atoms with Crippen molar-refractivity contribution in [3.05, 3.63) is 52.0 Å². The quantitative estimate of drug-likeness (QED) is 0.789. The molecule has 2 rings (SSSR count). The Morgan fingerprint density at radius 2 is 1.86 bits per heavy atom. The number of halogens is 2. The number of aryl methyl sites for hydroxylation is 1. The van der Waals surface area contributed by atoms with Crippen LogP contribution in [0.25, 0.3) is 0 Å². The zero-order valence-electron chi connectivity index (χ0n) is 11.2. The molecule has 0 heterocycles. The van der Waals surface area contributed by atoms with E-state index in [0.29, 0.717) is 15.7 Å². The summed E-state index contributed by atoms with van der Waals surface area (Å²) in [6, 6.07) is 10.2. The Kier molecular flexibility index (Phi) is 5.39. The molecule has 3 nitrogen and oxygen atoms in total. The summed E-state index contributed by atoms with van der Waals surface area (Å²) in [4.78, 5) is 12.9. The Hall–Kier alpha value is -1.36. The summed E-state index contributed by atoms with van der Waals surface area (Å²) in [5.41, 5.74) is 1.29. The van der Waals surface area contributed by atoms with Crippen molar-refractivity contribution in [1.82, 2.24) is 0 Å². The zero-order valence-corrected chi connectivity index (χ0v) is 13.5. The van der Waals surface area contributed by atoms with E-state index in [0.717, 1.165) is 10.5 Å². The van der Waals surface area contributed by atoms with Crippen LogP contribution >= 0.6 is 35.0 Å². The lowest BCUT2D eigenvalue weighted by Gasteiger charge is -2.11. The van der Waals surface area contributed by atoms with Crippen LogP contribution in [0.5, 0.6) is 5.75 Å². The molecule has 0 atom stereocenters. The zero-order chi connectivity index (χ0) is 15.4. The number of phenols is 1. The molecule has 0 saturated heterocycles. The fraction of sp³-hybridized carbons (Fsp3) is 0.133. The van der Waals surface area contributed by atoms with Crippen molar-refractivity contribution in [1.29, 1.82) is 0 Å². The smallest absolute Gasteiger partial charge is 0.234 e.